The summed E-state index contributed by atoms with van der Waals surface area (Å²) in [5, 5.41) is 5.16. The second-order valence-electron chi connectivity index (χ2n) is 8.70. The summed E-state index contributed by atoms with van der Waals surface area (Å²) < 4.78 is 0. The van der Waals surface area contributed by atoms with Crippen LogP contribution in [0.3, 0.4) is 0 Å². The van der Waals surface area contributed by atoms with E-state index in [1.807, 2.05) is 40.6 Å². The summed E-state index contributed by atoms with van der Waals surface area (Å²) in [5.74, 6) is 0.607. The largest absolute Gasteiger partial charge is 0.356 e. The van der Waals surface area contributed by atoms with Crippen molar-refractivity contribution in [2.75, 3.05) is 32.7 Å². The van der Waals surface area contributed by atoms with Crippen LogP contribution in [0.15, 0.2) is 47.8 Å². The van der Waals surface area contributed by atoms with Crippen LogP contribution in [-0.4, -0.2) is 60.4 Å². The van der Waals surface area contributed by atoms with Crippen LogP contribution in [0.1, 0.15) is 36.1 Å². The average Bonchev–Trinajstić information content (AvgIpc) is 3.33. The number of thiophene rings is 1. The van der Waals surface area contributed by atoms with Gasteiger partial charge in [0.25, 0.3) is 0 Å². The van der Waals surface area contributed by atoms with Crippen LogP contribution in [0.4, 0.5) is 0 Å². The van der Waals surface area contributed by atoms with E-state index in [4.69, 9.17) is 0 Å². The van der Waals surface area contributed by atoms with Gasteiger partial charge in [-0.15, -0.1) is 11.3 Å². The fraction of sp³-hybridized carbons (Fsp3) is 0.520. The Bertz CT molecular complexity index is 824. The molecular weight excluding hydrogens is 406 g/mol. The first kappa shape index (κ1) is 22.0. The lowest BCUT2D eigenvalue weighted by Crippen LogP contribution is -2.50. The van der Waals surface area contributed by atoms with Crippen molar-refractivity contribution in [1.82, 2.24) is 15.1 Å². The van der Waals surface area contributed by atoms with E-state index in [1.54, 1.807) is 11.3 Å². The molecule has 166 valence electrons. The second kappa shape index (κ2) is 10.9. The highest BCUT2D eigenvalue weighted by Gasteiger charge is 2.31. The zero-order valence-electron chi connectivity index (χ0n) is 18.2. The summed E-state index contributed by atoms with van der Waals surface area (Å²) in [7, 11) is 0. The number of rotatable bonds is 7. The number of hydrogen-bond donors (Lipinski definition) is 1. The van der Waals surface area contributed by atoms with Gasteiger partial charge in [0.15, 0.2) is 0 Å². The summed E-state index contributed by atoms with van der Waals surface area (Å²) in [6, 6.07) is 14.9. The molecule has 1 aromatic carbocycles. The Balaban J connectivity index is 1.14. The Morgan fingerprint density at radius 3 is 2.35 bits per heavy atom. The second-order valence-corrected chi connectivity index (χ2v) is 9.74. The van der Waals surface area contributed by atoms with Crippen LogP contribution < -0.4 is 5.32 Å². The number of carbonyl (C=O) groups excluding carboxylic acids is 2. The Morgan fingerprint density at radius 2 is 1.68 bits per heavy atom. The Labute approximate surface area is 189 Å². The maximum absolute atomic E-state index is 12.5. The van der Waals surface area contributed by atoms with Gasteiger partial charge in [0.2, 0.25) is 11.8 Å². The number of carbonyl (C=O) groups is 2. The van der Waals surface area contributed by atoms with Gasteiger partial charge in [-0.25, -0.2) is 0 Å². The summed E-state index contributed by atoms with van der Waals surface area (Å²) in [4.78, 5) is 30.8. The third-order valence-corrected chi connectivity index (χ3v) is 7.57. The van der Waals surface area contributed by atoms with E-state index < -0.39 is 0 Å². The van der Waals surface area contributed by atoms with Crippen LogP contribution in [0.25, 0.3) is 0 Å². The molecule has 0 unspecified atom stereocenters. The molecule has 2 aromatic rings. The first-order chi connectivity index (χ1) is 15.2. The van der Waals surface area contributed by atoms with Gasteiger partial charge in [-0.1, -0.05) is 36.4 Å². The molecule has 31 heavy (non-hydrogen) atoms. The number of likely N-dealkylation sites (tertiary alicyclic amines) is 2. The number of nitrogens with one attached hydrogen (secondary N) is 1. The molecule has 0 spiro atoms. The number of nitrogens with zero attached hydrogens (tertiary/aromatic N) is 2. The minimum absolute atomic E-state index is 0.138. The van der Waals surface area contributed by atoms with E-state index in [1.165, 1.54) is 5.56 Å². The molecule has 2 amide bonds. The lowest BCUT2D eigenvalue weighted by molar-refractivity contribution is -0.132. The molecule has 2 aliphatic rings. The molecule has 3 heterocycles. The van der Waals surface area contributed by atoms with E-state index >= 15 is 0 Å². The summed E-state index contributed by atoms with van der Waals surface area (Å²) in [5.41, 5.74) is 1.26. The molecule has 2 saturated heterocycles. The molecule has 5 nitrogen and oxygen atoms in total. The molecule has 0 atom stereocenters. The first-order valence-electron chi connectivity index (χ1n) is 11.5. The van der Waals surface area contributed by atoms with Crippen molar-refractivity contribution in [1.29, 1.82) is 0 Å². The van der Waals surface area contributed by atoms with Crippen molar-refractivity contribution in [2.45, 2.75) is 44.6 Å². The molecule has 1 aromatic heterocycles. The standard InChI is InChI=1S/C25H33N3O2S/c29-24(19-23-7-4-18-31-23)28-16-11-22(12-17-28)27-14-9-21(10-15-27)25(30)26-13-8-20-5-2-1-3-6-20/h1-7,18,21-22H,8-17,19H2,(H,26,30). The van der Waals surface area contributed by atoms with Crippen molar-refractivity contribution in [3.8, 4) is 0 Å². The normalized spacial score (nSPS) is 18.8. The minimum Gasteiger partial charge on any atom is -0.356 e. The van der Waals surface area contributed by atoms with Gasteiger partial charge in [-0.05, 0) is 62.2 Å². The van der Waals surface area contributed by atoms with Gasteiger partial charge in [-0.2, -0.15) is 0 Å². The molecule has 0 bridgehead atoms. The smallest absolute Gasteiger partial charge is 0.227 e. The third kappa shape index (κ3) is 6.17. The molecule has 0 saturated carbocycles. The van der Waals surface area contributed by atoms with Crippen molar-refractivity contribution >= 4 is 23.2 Å². The van der Waals surface area contributed by atoms with Crippen LogP contribution >= 0.6 is 11.3 Å². The molecule has 0 radical (unpaired) electrons. The quantitative estimate of drug-likeness (QED) is 0.720. The highest BCUT2D eigenvalue weighted by Crippen LogP contribution is 2.24. The van der Waals surface area contributed by atoms with Crippen LogP contribution in [0.5, 0.6) is 0 Å². The number of piperidine rings is 2. The molecule has 6 heteroatoms. The van der Waals surface area contributed by atoms with E-state index in [2.05, 4.69) is 22.3 Å². The minimum atomic E-state index is 0.138. The summed E-state index contributed by atoms with van der Waals surface area (Å²) in [6.07, 6.45) is 5.39. The lowest BCUT2D eigenvalue weighted by atomic mass is 9.92. The Hall–Kier alpha value is -2.18. The number of benzene rings is 1. The lowest BCUT2D eigenvalue weighted by Gasteiger charge is -2.41. The van der Waals surface area contributed by atoms with Crippen molar-refractivity contribution in [3.05, 3.63) is 58.3 Å². The molecular formula is C25H33N3O2S. The molecule has 2 aliphatic heterocycles. The summed E-state index contributed by atoms with van der Waals surface area (Å²) in [6.45, 7) is 4.40. The predicted octanol–water partition coefficient (Wildman–Crippen LogP) is 3.35. The topological polar surface area (TPSA) is 52.7 Å². The molecule has 4 rings (SSSR count). The van der Waals surface area contributed by atoms with Crippen molar-refractivity contribution in [3.63, 3.8) is 0 Å². The summed E-state index contributed by atoms with van der Waals surface area (Å²) >= 11 is 1.66. The van der Waals surface area contributed by atoms with Crippen LogP contribution in [-0.2, 0) is 22.4 Å². The third-order valence-electron chi connectivity index (χ3n) is 6.70. The maximum Gasteiger partial charge on any atom is 0.227 e. The fourth-order valence-electron chi connectivity index (χ4n) is 4.80. The number of amides is 2. The van der Waals surface area contributed by atoms with Crippen molar-refractivity contribution < 1.29 is 9.59 Å². The van der Waals surface area contributed by atoms with E-state index in [-0.39, 0.29) is 17.7 Å². The number of hydrogen-bond acceptors (Lipinski definition) is 4. The van der Waals surface area contributed by atoms with Gasteiger partial charge in [0, 0.05) is 36.5 Å². The van der Waals surface area contributed by atoms with Crippen molar-refractivity contribution in [2.24, 2.45) is 5.92 Å². The van der Waals surface area contributed by atoms with E-state index in [9.17, 15) is 9.59 Å². The Morgan fingerprint density at radius 1 is 0.935 bits per heavy atom. The molecule has 2 fully saturated rings. The van der Waals surface area contributed by atoms with Gasteiger partial charge >= 0.3 is 0 Å². The van der Waals surface area contributed by atoms with Gasteiger partial charge in [-0.3, -0.25) is 9.59 Å². The highest BCUT2D eigenvalue weighted by molar-refractivity contribution is 7.10. The highest BCUT2D eigenvalue weighted by atomic mass is 32.1. The predicted molar refractivity (Wildman–Crippen MR) is 125 cm³/mol. The fourth-order valence-corrected chi connectivity index (χ4v) is 5.50. The monoisotopic (exact) mass is 439 g/mol. The van der Waals surface area contributed by atoms with Gasteiger partial charge in [0.05, 0.1) is 6.42 Å². The molecule has 1 N–H and O–H groups in total. The first-order valence-corrected chi connectivity index (χ1v) is 12.4. The molecule has 0 aliphatic carbocycles. The Kier molecular flexibility index (Phi) is 7.76. The van der Waals surface area contributed by atoms with Crippen LogP contribution in [0.2, 0.25) is 0 Å². The zero-order chi connectivity index (χ0) is 21.5. The van der Waals surface area contributed by atoms with Gasteiger partial charge in [0.1, 0.15) is 0 Å². The average molecular weight is 440 g/mol. The van der Waals surface area contributed by atoms with E-state index in [0.29, 0.717) is 19.0 Å². The SMILES string of the molecule is O=C(NCCc1ccccc1)C1CCN(C2CCN(C(=O)Cc3cccs3)CC2)CC1. The van der Waals surface area contributed by atoms with E-state index in [0.717, 1.165) is 63.2 Å². The maximum atomic E-state index is 12.5. The van der Waals surface area contributed by atoms with Crippen LogP contribution in [0, 0.1) is 5.92 Å². The van der Waals surface area contributed by atoms with Gasteiger partial charge < -0.3 is 15.1 Å². The zero-order valence-corrected chi connectivity index (χ0v) is 19.0.